The third-order valence-corrected chi connectivity index (χ3v) is 2.14. The molecule has 0 aliphatic carbocycles. The largest absolute Gasteiger partial charge is 0.476 e. The van der Waals surface area contributed by atoms with Crippen molar-refractivity contribution >= 4 is 5.69 Å². The van der Waals surface area contributed by atoms with Crippen molar-refractivity contribution in [3.8, 4) is 11.8 Å². The summed E-state index contributed by atoms with van der Waals surface area (Å²) >= 11 is 0. The maximum Gasteiger partial charge on any atom is 0.244 e. The van der Waals surface area contributed by atoms with Crippen LogP contribution in [0.5, 0.6) is 11.8 Å². The van der Waals surface area contributed by atoms with Crippen LogP contribution in [0.2, 0.25) is 0 Å². The van der Waals surface area contributed by atoms with Crippen molar-refractivity contribution in [2.45, 2.75) is 39.7 Å². The summed E-state index contributed by atoms with van der Waals surface area (Å²) in [5.74, 6) is 0.797. The number of rotatable bonds is 6. The normalized spacial score (nSPS) is 12.2. The van der Waals surface area contributed by atoms with Gasteiger partial charge in [-0.05, 0) is 19.8 Å². The monoisotopic (exact) mass is 225 g/mol. The lowest BCUT2D eigenvalue weighted by atomic mass is 10.3. The van der Waals surface area contributed by atoms with Crippen LogP contribution in [0.15, 0.2) is 6.33 Å². The molecule has 0 aliphatic heterocycles. The van der Waals surface area contributed by atoms with E-state index in [2.05, 4.69) is 9.97 Å². The van der Waals surface area contributed by atoms with Crippen molar-refractivity contribution in [2.24, 2.45) is 0 Å². The Balaban J connectivity index is 2.77. The molecule has 1 rings (SSSR count). The highest BCUT2D eigenvalue weighted by Gasteiger charge is 2.12. The van der Waals surface area contributed by atoms with Crippen molar-refractivity contribution in [2.75, 3.05) is 12.3 Å². The number of nitrogens with zero attached hydrogens (tertiary/aromatic N) is 2. The van der Waals surface area contributed by atoms with E-state index in [-0.39, 0.29) is 6.10 Å². The molecule has 90 valence electrons. The molecule has 1 heterocycles. The highest BCUT2D eigenvalue weighted by Crippen LogP contribution is 2.27. The van der Waals surface area contributed by atoms with Gasteiger partial charge in [0.1, 0.15) is 6.33 Å². The lowest BCUT2D eigenvalue weighted by molar-refractivity contribution is 0.207. The molecule has 16 heavy (non-hydrogen) atoms. The molecule has 1 unspecified atom stereocenters. The Morgan fingerprint density at radius 3 is 2.62 bits per heavy atom. The molecule has 0 radical (unpaired) electrons. The molecule has 5 nitrogen and oxygen atoms in total. The van der Waals surface area contributed by atoms with Crippen LogP contribution in [-0.2, 0) is 0 Å². The second-order valence-electron chi connectivity index (χ2n) is 3.58. The van der Waals surface area contributed by atoms with Gasteiger partial charge in [-0.2, -0.15) is 9.97 Å². The summed E-state index contributed by atoms with van der Waals surface area (Å²) in [6, 6.07) is 0. The lowest BCUT2D eigenvalue weighted by Crippen LogP contribution is -2.13. The van der Waals surface area contributed by atoms with Gasteiger partial charge in [-0.25, -0.2) is 0 Å². The van der Waals surface area contributed by atoms with Crippen molar-refractivity contribution < 1.29 is 9.47 Å². The molecule has 1 aromatic heterocycles. The van der Waals surface area contributed by atoms with Crippen LogP contribution in [-0.4, -0.2) is 22.7 Å². The standard InChI is InChI=1S/C11H19N3O2/c1-4-6-15-10-9(12)11(14-7-13-10)16-8(3)5-2/h7-8H,4-6,12H2,1-3H3. The van der Waals surface area contributed by atoms with E-state index in [1.807, 2.05) is 20.8 Å². The number of aromatic nitrogens is 2. The van der Waals surface area contributed by atoms with Gasteiger partial charge in [0.15, 0.2) is 5.69 Å². The smallest absolute Gasteiger partial charge is 0.244 e. The van der Waals surface area contributed by atoms with E-state index >= 15 is 0 Å². The van der Waals surface area contributed by atoms with Gasteiger partial charge in [-0.15, -0.1) is 0 Å². The van der Waals surface area contributed by atoms with Crippen LogP contribution >= 0.6 is 0 Å². The first-order chi connectivity index (χ1) is 7.69. The third kappa shape index (κ3) is 3.25. The van der Waals surface area contributed by atoms with E-state index < -0.39 is 0 Å². The fourth-order valence-corrected chi connectivity index (χ4v) is 1.05. The van der Waals surface area contributed by atoms with Crippen LogP contribution in [0, 0.1) is 0 Å². The molecule has 2 N–H and O–H groups in total. The second kappa shape index (κ2) is 6.15. The molecular weight excluding hydrogens is 206 g/mol. The zero-order valence-electron chi connectivity index (χ0n) is 10.1. The number of anilines is 1. The zero-order chi connectivity index (χ0) is 12.0. The Morgan fingerprint density at radius 2 is 2.00 bits per heavy atom. The van der Waals surface area contributed by atoms with E-state index in [1.165, 1.54) is 6.33 Å². The predicted octanol–water partition coefficient (Wildman–Crippen LogP) is 2.02. The molecule has 0 spiro atoms. The molecular formula is C11H19N3O2. The summed E-state index contributed by atoms with van der Waals surface area (Å²) < 4.78 is 10.9. The molecule has 0 amide bonds. The Bertz CT molecular complexity index is 331. The SMILES string of the molecule is CCCOc1ncnc(OC(C)CC)c1N. The minimum atomic E-state index is 0.0798. The van der Waals surface area contributed by atoms with Crippen LogP contribution in [0.1, 0.15) is 33.6 Å². The molecule has 0 fully saturated rings. The summed E-state index contributed by atoms with van der Waals surface area (Å²) in [7, 11) is 0. The summed E-state index contributed by atoms with van der Waals surface area (Å²) in [6.45, 7) is 6.61. The topological polar surface area (TPSA) is 70.3 Å². The fraction of sp³-hybridized carbons (Fsp3) is 0.636. The van der Waals surface area contributed by atoms with Crippen LogP contribution in [0.25, 0.3) is 0 Å². The molecule has 0 aromatic carbocycles. The van der Waals surface area contributed by atoms with E-state index in [9.17, 15) is 0 Å². The number of hydrogen-bond acceptors (Lipinski definition) is 5. The molecule has 1 aromatic rings. The van der Waals surface area contributed by atoms with Crippen molar-refractivity contribution in [3.05, 3.63) is 6.33 Å². The van der Waals surface area contributed by atoms with Crippen molar-refractivity contribution in [1.29, 1.82) is 0 Å². The van der Waals surface area contributed by atoms with E-state index in [0.717, 1.165) is 12.8 Å². The Morgan fingerprint density at radius 1 is 1.31 bits per heavy atom. The second-order valence-corrected chi connectivity index (χ2v) is 3.58. The number of hydrogen-bond donors (Lipinski definition) is 1. The van der Waals surface area contributed by atoms with Gasteiger partial charge in [-0.3, -0.25) is 0 Å². The fourth-order valence-electron chi connectivity index (χ4n) is 1.05. The Kier molecular flexibility index (Phi) is 4.82. The summed E-state index contributed by atoms with van der Waals surface area (Å²) in [5, 5.41) is 0. The van der Waals surface area contributed by atoms with E-state index in [4.69, 9.17) is 15.2 Å². The molecule has 0 saturated carbocycles. The van der Waals surface area contributed by atoms with E-state index in [1.54, 1.807) is 0 Å². The minimum Gasteiger partial charge on any atom is -0.476 e. The third-order valence-electron chi connectivity index (χ3n) is 2.14. The first-order valence-electron chi connectivity index (χ1n) is 5.58. The van der Waals surface area contributed by atoms with Gasteiger partial charge >= 0.3 is 0 Å². The van der Waals surface area contributed by atoms with Gasteiger partial charge in [0.25, 0.3) is 0 Å². The first-order valence-corrected chi connectivity index (χ1v) is 5.58. The zero-order valence-corrected chi connectivity index (χ0v) is 10.1. The summed E-state index contributed by atoms with van der Waals surface area (Å²) in [6.07, 6.45) is 3.29. The Hall–Kier alpha value is -1.52. The van der Waals surface area contributed by atoms with Gasteiger partial charge in [-0.1, -0.05) is 13.8 Å². The minimum absolute atomic E-state index is 0.0798. The van der Waals surface area contributed by atoms with Crippen molar-refractivity contribution in [3.63, 3.8) is 0 Å². The first kappa shape index (κ1) is 12.5. The maximum absolute atomic E-state index is 5.85. The molecule has 5 heteroatoms. The van der Waals surface area contributed by atoms with Gasteiger partial charge in [0, 0.05) is 0 Å². The average Bonchev–Trinajstić information content (AvgIpc) is 2.30. The maximum atomic E-state index is 5.85. The molecule has 0 aliphatic rings. The molecule has 0 bridgehead atoms. The average molecular weight is 225 g/mol. The van der Waals surface area contributed by atoms with Gasteiger partial charge in [0.2, 0.25) is 11.8 Å². The van der Waals surface area contributed by atoms with Crippen LogP contribution in [0.3, 0.4) is 0 Å². The highest BCUT2D eigenvalue weighted by atomic mass is 16.5. The van der Waals surface area contributed by atoms with Crippen molar-refractivity contribution in [1.82, 2.24) is 9.97 Å². The highest BCUT2D eigenvalue weighted by molar-refractivity contribution is 5.55. The predicted molar refractivity (Wildman–Crippen MR) is 62.6 cm³/mol. The van der Waals surface area contributed by atoms with Gasteiger partial charge < -0.3 is 15.2 Å². The lowest BCUT2D eigenvalue weighted by Gasteiger charge is -2.14. The summed E-state index contributed by atoms with van der Waals surface area (Å²) in [4.78, 5) is 7.97. The van der Waals surface area contributed by atoms with Crippen LogP contribution < -0.4 is 15.2 Å². The quantitative estimate of drug-likeness (QED) is 0.802. The number of nitrogens with two attached hydrogens (primary N) is 1. The van der Waals surface area contributed by atoms with E-state index in [0.29, 0.717) is 24.1 Å². The molecule has 1 atom stereocenters. The molecule has 0 saturated heterocycles. The Labute approximate surface area is 96.0 Å². The van der Waals surface area contributed by atoms with Crippen LogP contribution in [0.4, 0.5) is 5.69 Å². The summed E-state index contributed by atoms with van der Waals surface area (Å²) in [5.41, 5.74) is 6.22. The van der Waals surface area contributed by atoms with Gasteiger partial charge in [0.05, 0.1) is 12.7 Å². The number of ether oxygens (including phenoxy) is 2. The number of nitrogen functional groups attached to an aromatic ring is 1.